The van der Waals surface area contributed by atoms with Gasteiger partial charge in [0.05, 0.1) is 16.2 Å². The van der Waals surface area contributed by atoms with Crippen LogP contribution in [0.5, 0.6) is 0 Å². The molecule has 0 saturated heterocycles. The molecule has 1 heterocycles. The second-order valence-electron chi connectivity index (χ2n) is 7.09. The van der Waals surface area contributed by atoms with Crippen LogP contribution in [0.3, 0.4) is 0 Å². The zero-order chi connectivity index (χ0) is 23.7. The van der Waals surface area contributed by atoms with E-state index < -0.39 is 34.9 Å². The summed E-state index contributed by atoms with van der Waals surface area (Å²) < 4.78 is 0. The Morgan fingerprint density at radius 3 is 2.39 bits per heavy atom. The third-order valence-electron chi connectivity index (χ3n) is 5.01. The number of imide groups is 1. The summed E-state index contributed by atoms with van der Waals surface area (Å²) in [6.45, 7) is -0.689. The molecule has 1 aliphatic heterocycles. The molecule has 33 heavy (non-hydrogen) atoms. The number of rotatable bonds is 6. The number of benzene rings is 3. The van der Waals surface area contributed by atoms with Crippen LogP contribution in [0.15, 0.2) is 66.7 Å². The van der Waals surface area contributed by atoms with E-state index in [1.54, 1.807) is 30.3 Å². The van der Waals surface area contributed by atoms with Crippen molar-refractivity contribution in [3.05, 3.63) is 104 Å². The molecule has 4 rings (SSSR count). The number of fused-ring (bicyclic) bond motifs is 1. The van der Waals surface area contributed by atoms with Crippen LogP contribution in [-0.4, -0.2) is 39.9 Å². The topological polar surface area (TPSA) is 127 Å². The van der Waals surface area contributed by atoms with E-state index >= 15 is 0 Å². The van der Waals surface area contributed by atoms with Crippen LogP contribution in [0.1, 0.15) is 36.6 Å². The van der Waals surface area contributed by atoms with Crippen molar-refractivity contribution in [2.24, 2.45) is 0 Å². The number of amides is 3. The highest BCUT2D eigenvalue weighted by molar-refractivity contribution is 6.31. The number of nitrogens with zero attached hydrogens (tertiary/aromatic N) is 2. The van der Waals surface area contributed by atoms with Gasteiger partial charge in [0.15, 0.2) is 5.78 Å². The maximum Gasteiger partial charge on any atom is 0.282 e. The Hall–Kier alpha value is -4.37. The second kappa shape index (κ2) is 8.64. The smallest absolute Gasteiger partial charge is 0.282 e. The largest absolute Gasteiger partial charge is 0.324 e. The van der Waals surface area contributed by atoms with Crippen molar-refractivity contribution in [3.8, 4) is 0 Å². The van der Waals surface area contributed by atoms with Gasteiger partial charge in [-0.05, 0) is 24.3 Å². The Balaban J connectivity index is 1.58. The van der Waals surface area contributed by atoms with Crippen LogP contribution >= 0.6 is 11.6 Å². The second-order valence-corrected chi connectivity index (χ2v) is 7.52. The van der Waals surface area contributed by atoms with Gasteiger partial charge in [-0.15, -0.1) is 0 Å². The summed E-state index contributed by atoms with van der Waals surface area (Å²) in [5.41, 5.74) is -0.369. The first-order chi connectivity index (χ1) is 15.8. The molecule has 3 amide bonds. The van der Waals surface area contributed by atoms with Crippen LogP contribution in [0.2, 0.25) is 5.02 Å². The SMILES string of the molecule is O=C(CN1C(=O)c2cccc([N+](=O)[O-])c2C1=O)Nc1ccc(Cl)cc1C(=O)c1ccccc1. The molecule has 0 unspecified atom stereocenters. The Bertz CT molecular complexity index is 1340. The van der Waals surface area contributed by atoms with Gasteiger partial charge in [0.1, 0.15) is 12.1 Å². The predicted molar refractivity (Wildman–Crippen MR) is 118 cm³/mol. The molecule has 3 aromatic carbocycles. The van der Waals surface area contributed by atoms with E-state index in [0.717, 1.165) is 6.07 Å². The van der Waals surface area contributed by atoms with Crippen LogP contribution in [0.25, 0.3) is 0 Å². The van der Waals surface area contributed by atoms with E-state index in [1.165, 1.54) is 30.3 Å². The summed E-state index contributed by atoms with van der Waals surface area (Å²) in [7, 11) is 0. The number of nitro benzene ring substituents is 1. The lowest BCUT2D eigenvalue weighted by Gasteiger charge is -2.15. The molecule has 0 fully saturated rings. The summed E-state index contributed by atoms with van der Waals surface area (Å²) in [5, 5.41) is 14.0. The molecule has 1 aliphatic rings. The van der Waals surface area contributed by atoms with E-state index in [4.69, 9.17) is 11.6 Å². The van der Waals surface area contributed by atoms with Crippen molar-refractivity contribution in [2.75, 3.05) is 11.9 Å². The quantitative estimate of drug-likeness (QED) is 0.257. The number of hydrogen-bond acceptors (Lipinski definition) is 6. The van der Waals surface area contributed by atoms with Crippen LogP contribution in [0, 0.1) is 10.1 Å². The third-order valence-corrected chi connectivity index (χ3v) is 5.25. The van der Waals surface area contributed by atoms with Gasteiger partial charge in [-0.25, -0.2) is 0 Å². The van der Waals surface area contributed by atoms with Gasteiger partial charge in [-0.2, -0.15) is 0 Å². The van der Waals surface area contributed by atoms with Crippen molar-refractivity contribution in [1.82, 2.24) is 4.90 Å². The van der Waals surface area contributed by atoms with E-state index in [9.17, 15) is 29.3 Å². The number of nitro groups is 1. The minimum Gasteiger partial charge on any atom is -0.324 e. The van der Waals surface area contributed by atoms with Gasteiger partial charge >= 0.3 is 0 Å². The molecular formula is C23H14ClN3O6. The van der Waals surface area contributed by atoms with Crippen molar-refractivity contribution in [3.63, 3.8) is 0 Å². The first-order valence-electron chi connectivity index (χ1n) is 9.60. The van der Waals surface area contributed by atoms with Crippen molar-refractivity contribution in [2.45, 2.75) is 0 Å². The van der Waals surface area contributed by atoms with E-state index in [0.29, 0.717) is 10.5 Å². The predicted octanol–water partition coefficient (Wildman–Crippen LogP) is 3.71. The molecule has 0 bridgehead atoms. The standard InChI is InChI=1S/C23H14ClN3O6/c24-14-9-10-17(16(11-14)21(29)13-5-2-1-3-6-13)25-19(28)12-26-22(30)15-7-4-8-18(27(32)33)20(15)23(26)31/h1-11H,12H2,(H,25,28). The van der Waals surface area contributed by atoms with Gasteiger partial charge in [-0.1, -0.05) is 48.0 Å². The number of hydrogen-bond donors (Lipinski definition) is 1. The van der Waals surface area contributed by atoms with Gasteiger partial charge in [0, 0.05) is 22.2 Å². The molecule has 0 saturated carbocycles. The van der Waals surface area contributed by atoms with E-state index in [2.05, 4.69) is 5.32 Å². The molecule has 0 atom stereocenters. The van der Waals surface area contributed by atoms with E-state index in [1.807, 2.05) is 0 Å². The third kappa shape index (κ3) is 4.09. The van der Waals surface area contributed by atoms with Crippen molar-refractivity contribution < 1.29 is 24.1 Å². The van der Waals surface area contributed by atoms with Gasteiger partial charge in [0.2, 0.25) is 5.91 Å². The molecule has 3 aromatic rings. The maximum absolute atomic E-state index is 12.9. The molecule has 0 aromatic heterocycles. The fraction of sp³-hybridized carbons (Fsp3) is 0.0435. The molecule has 9 nitrogen and oxygen atoms in total. The molecule has 10 heteroatoms. The minimum absolute atomic E-state index is 0.125. The lowest BCUT2D eigenvalue weighted by atomic mass is 10.0. The monoisotopic (exact) mass is 463 g/mol. The Morgan fingerprint density at radius 2 is 1.70 bits per heavy atom. The first-order valence-corrected chi connectivity index (χ1v) is 9.98. The summed E-state index contributed by atoms with van der Waals surface area (Å²) >= 11 is 6.04. The van der Waals surface area contributed by atoms with Gasteiger partial charge in [0.25, 0.3) is 17.5 Å². The molecule has 0 aliphatic carbocycles. The number of carbonyl (C=O) groups is 4. The maximum atomic E-state index is 12.9. The average Bonchev–Trinajstić information content (AvgIpc) is 3.05. The fourth-order valence-corrected chi connectivity index (χ4v) is 3.68. The molecule has 0 radical (unpaired) electrons. The van der Waals surface area contributed by atoms with Crippen LogP contribution in [0.4, 0.5) is 11.4 Å². The van der Waals surface area contributed by atoms with Crippen LogP contribution < -0.4 is 5.32 Å². The normalized spacial score (nSPS) is 12.5. The summed E-state index contributed by atoms with van der Waals surface area (Å²) in [4.78, 5) is 62.0. The highest BCUT2D eigenvalue weighted by atomic mass is 35.5. The molecular weight excluding hydrogens is 450 g/mol. The lowest BCUT2D eigenvalue weighted by molar-refractivity contribution is -0.385. The first kappa shape index (κ1) is 21.8. The van der Waals surface area contributed by atoms with Crippen molar-refractivity contribution in [1.29, 1.82) is 0 Å². The highest BCUT2D eigenvalue weighted by Crippen LogP contribution is 2.31. The zero-order valence-electron chi connectivity index (χ0n) is 16.8. The fourth-order valence-electron chi connectivity index (χ4n) is 3.50. The number of carbonyl (C=O) groups excluding carboxylic acids is 4. The number of nitrogens with one attached hydrogen (secondary N) is 1. The van der Waals surface area contributed by atoms with Crippen LogP contribution in [-0.2, 0) is 4.79 Å². The van der Waals surface area contributed by atoms with Gasteiger partial charge < -0.3 is 5.32 Å². The molecule has 1 N–H and O–H groups in total. The zero-order valence-corrected chi connectivity index (χ0v) is 17.5. The summed E-state index contributed by atoms with van der Waals surface area (Å²) in [5.74, 6) is -2.90. The summed E-state index contributed by atoms with van der Waals surface area (Å²) in [6.07, 6.45) is 0. The molecule has 0 spiro atoms. The van der Waals surface area contributed by atoms with E-state index in [-0.39, 0.29) is 33.2 Å². The highest BCUT2D eigenvalue weighted by Gasteiger charge is 2.41. The number of halogens is 1. The Morgan fingerprint density at radius 1 is 0.970 bits per heavy atom. The Labute approximate surface area is 191 Å². The van der Waals surface area contributed by atoms with Gasteiger partial charge in [-0.3, -0.25) is 34.2 Å². The summed E-state index contributed by atoms with van der Waals surface area (Å²) in [6, 6.07) is 16.4. The number of anilines is 1. The van der Waals surface area contributed by atoms with Crippen molar-refractivity contribution >= 4 is 46.5 Å². The minimum atomic E-state index is -0.936. The molecule has 164 valence electrons. The average molecular weight is 464 g/mol. The lowest BCUT2D eigenvalue weighted by Crippen LogP contribution is -2.37. The Kier molecular flexibility index (Phi) is 5.72. The number of ketones is 1.